The standard InChI is InChI=1S/C15H14Cl2N2O2/c1-18-15(21)9-5-6-12(17)13(7-9)19-8-10-11(16)3-2-4-14(10)20/h2-7,19-20H,8H2,1H3,(H,18,21). The van der Waals surface area contributed by atoms with Gasteiger partial charge in [0, 0.05) is 29.7 Å². The molecule has 0 fully saturated rings. The van der Waals surface area contributed by atoms with E-state index in [2.05, 4.69) is 10.6 Å². The molecule has 2 aromatic rings. The summed E-state index contributed by atoms with van der Waals surface area (Å²) in [6, 6.07) is 9.85. The average molecular weight is 325 g/mol. The molecule has 4 nitrogen and oxygen atoms in total. The fraction of sp³-hybridized carbons (Fsp3) is 0.133. The Hall–Kier alpha value is -1.91. The van der Waals surface area contributed by atoms with Crippen LogP contribution in [-0.4, -0.2) is 18.1 Å². The highest BCUT2D eigenvalue weighted by Gasteiger charge is 2.10. The van der Waals surface area contributed by atoms with E-state index in [9.17, 15) is 9.90 Å². The molecule has 3 N–H and O–H groups in total. The molecule has 1 amide bonds. The molecule has 0 aliphatic rings. The monoisotopic (exact) mass is 324 g/mol. The highest BCUT2D eigenvalue weighted by atomic mass is 35.5. The third kappa shape index (κ3) is 3.60. The molecule has 0 unspecified atom stereocenters. The highest BCUT2D eigenvalue weighted by molar-refractivity contribution is 6.33. The van der Waals surface area contributed by atoms with E-state index < -0.39 is 0 Å². The number of nitrogens with one attached hydrogen (secondary N) is 2. The van der Waals surface area contributed by atoms with Crippen LogP contribution in [0.15, 0.2) is 36.4 Å². The zero-order chi connectivity index (χ0) is 15.4. The summed E-state index contributed by atoms with van der Waals surface area (Å²) >= 11 is 12.1. The Morgan fingerprint density at radius 1 is 1.19 bits per heavy atom. The molecule has 2 rings (SSSR count). The number of anilines is 1. The van der Waals surface area contributed by atoms with E-state index in [4.69, 9.17) is 23.2 Å². The summed E-state index contributed by atoms with van der Waals surface area (Å²) in [7, 11) is 1.56. The molecule has 0 aromatic heterocycles. The maximum Gasteiger partial charge on any atom is 0.251 e. The van der Waals surface area contributed by atoms with E-state index in [1.165, 1.54) is 0 Å². The number of hydrogen-bond acceptors (Lipinski definition) is 3. The molecule has 0 heterocycles. The van der Waals surface area contributed by atoms with Crippen LogP contribution in [0.25, 0.3) is 0 Å². The first kappa shape index (κ1) is 15.5. The van der Waals surface area contributed by atoms with Gasteiger partial charge in [-0.05, 0) is 30.3 Å². The molecule has 0 saturated heterocycles. The number of rotatable bonds is 4. The zero-order valence-corrected chi connectivity index (χ0v) is 12.8. The second-order valence-electron chi connectivity index (χ2n) is 4.36. The molecule has 0 atom stereocenters. The van der Waals surface area contributed by atoms with Crippen LogP contribution in [0, 0.1) is 0 Å². The van der Waals surface area contributed by atoms with Crippen LogP contribution in [-0.2, 0) is 6.54 Å². The number of aromatic hydroxyl groups is 1. The number of carbonyl (C=O) groups excluding carboxylic acids is 1. The van der Waals surface area contributed by atoms with E-state index in [1.807, 2.05) is 0 Å². The maximum absolute atomic E-state index is 11.6. The largest absolute Gasteiger partial charge is 0.508 e. The van der Waals surface area contributed by atoms with Crippen molar-refractivity contribution in [2.75, 3.05) is 12.4 Å². The summed E-state index contributed by atoms with van der Waals surface area (Å²) < 4.78 is 0. The predicted molar refractivity (Wildman–Crippen MR) is 85.3 cm³/mol. The van der Waals surface area contributed by atoms with Gasteiger partial charge in [0.25, 0.3) is 5.91 Å². The summed E-state index contributed by atoms with van der Waals surface area (Å²) in [6.45, 7) is 0.294. The van der Waals surface area contributed by atoms with Crippen LogP contribution >= 0.6 is 23.2 Å². The first-order valence-electron chi connectivity index (χ1n) is 6.24. The lowest BCUT2D eigenvalue weighted by Crippen LogP contribution is -2.17. The van der Waals surface area contributed by atoms with Crippen molar-refractivity contribution in [1.29, 1.82) is 0 Å². The zero-order valence-electron chi connectivity index (χ0n) is 11.3. The Bertz CT molecular complexity index is 654. The van der Waals surface area contributed by atoms with Crippen molar-refractivity contribution in [3.05, 3.63) is 57.6 Å². The summed E-state index contributed by atoms with van der Waals surface area (Å²) in [5, 5.41) is 16.4. The SMILES string of the molecule is CNC(=O)c1ccc(Cl)c(NCc2c(O)cccc2Cl)c1. The van der Waals surface area contributed by atoms with Crippen molar-refractivity contribution in [2.45, 2.75) is 6.54 Å². The second-order valence-corrected chi connectivity index (χ2v) is 5.18. The molecule has 0 spiro atoms. The van der Waals surface area contributed by atoms with Crippen molar-refractivity contribution in [3.8, 4) is 5.75 Å². The van der Waals surface area contributed by atoms with Gasteiger partial charge in [0.1, 0.15) is 5.75 Å². The third-order valence-electron chi connectivity index (χ3n) is 3.01. The van der Waals surface area contributed by atoms with Crippen LogP contribution in [0.3, 0.4) is 0 Å². The number of carbonyl (C=O) groups is 1. The lowest BCUT2D eigenvalue weighted by Gasteiger charge is -2.12. The van der Waals surface area contributed by atoms with Crippen molar-refractivity contribution in [1.82, 2.24) is 5.32 Å². The van der Waals surface area contributed by atoms with E-state index in [1.54, 1.807) is 43.4 Å². The topological polar surface area (TPSA) is 61.4 Å². The van der Waals surface area contributed by atoms with E-state index >= 15 is 0 Å². The third-order valence-corrected chi connectivity index (χ3v) is 3.69. The van der Waals surface area contributed by atoms with Crippen LogP contribution in [0.4, 0.5) is 5.69 Å². The second kappa shape index (κ2) is 6.70. The van der Waals surface area contributed by atoms with E-state index in [0.29, 0.717) is 33.4 Å². The minimum Gasteiger partial charge on any atom is -0.508 e. The van der Waals surface area contributed by atoms with Gasteiger partial charge in [0.2, 0.25) is 0 Å². The summed E-state index contributed by atoms with van der Waals surface area (Å²) in [4.78, 5) is 11.6. The molecular formula is C15H14Cl2N2O2. The smallest absolute Gasteiger partial charge is 0.251 e. The molecule has 21 heavy (non-hydrogen) atoms. The molecular weight excluding hydrogens is 311 g/mol. The van der Waals surface area contributed by atoms with Gasteiger partial charge in [-0.25, -0.2) is 0 Å². The Balaban J connectivity index is 2.22. The van der Waals surface area contributed by atoms with Crippen molar-refractivity contribution in [2.24, 2.45) is 0 Å². The number of hydrogen-bond donors (Lipinski definition) is 3. The fourth-order valence-corrected chi connectivity index (χ4v) is 2.27. The quantitative estimate of drug-likeness (QED) is 0.804. The average Bonchev–Trinajstić information content (AvgIpc) is 2.47. The Labute approximate surface area is 132 Å². The molecule has 0 aliphatic heterocycles. The first-order valence-corrected chi connectivity index (χ1v) is 7.00. The van der Waals surface area contributed by atoms with Crippen molar-refractivity contribution in [3.63, 3.8) is 0 Å². The van der Waals surface area contributed by atoms with Crippen LogP contribution in [0.1, 0.15) is 15.9 Å². The Morgan fingerprint density at radius 3 is 2.62 bits per heavy atom. The maximum atomic E-state index is 11.6. The molecule has 110 valence electrons. The lowest BCUT2D eigenvalue weighted by molar-refractivity contribution is 0.0963. The van der Waals surface area contributed by atoms with Crippen molar-refractivity contribution < 1.29 is 9.90 Å². The molecule has 0 radical (unpaired) electrons. The number of phenols is 1. The minimum atomic E-state index is -0.199. The number of halogens is 2. The van der Waals surface area contributed by atoms with E-state index in [0.717, 1.165) is 0 Å². The Morgan fingerprint density at radius 2 is 1.95 bits per heavy atom. The summed E-state index contributed by atoms with van der Waals surface area (Å²) in [6.07, 6.45) is 0. The van der Waals surface area contributed by atoms with Crippen LogP contribution in [0.5, 0.6) is 5.75 Å². The van der Waals surface area contributed by atoms with Gasteiger partial charge >= 0.3 is 0 Å². The van der Waals surface area contributed by atoms with Gasteiger partial charge in [-0.2, -0.15) is 0 Å². The van der Waals surface area contributed by atoms with Gasteiger partial charge in [0.05, 0.1) is 10.7 Å². The first-order chi connectivity index (χ1) is 10.0. The predicted octanol–water partition coefficient (Wildman–Crippen LogP) is 3.67. The molecule has 0 bridgehead atoms. The molecule has 0 saturated carbocycles. The molecule has 6 heteroatoms. The van der Waals surface area contributed by atoms with Gasteiger partial charge in [-0.15, -0.1) is 0 Å². The van der Waals surface area contributed by atoms with Gasteiger partial charge in [0.15, 0.2) is 0 Å². The highest BCUT2D eigenvalue weighted by Crippen LogP contribution is 2.28. The minimum absolute atomic E-state index is 0.105. The number of benzene rings is 2. The summed E-state index contributed by atoms with van der Waals surface area (Å²) in [5.74, 6) is -0.0936. The molecule has 0 aliphatic carbocycles. The van der Waals surface area contributed by atoms with E-state index in [-0.39, 0.29) is 11.7 Å². The van der Waals surface area contributed by atoms with Crippen LogP contribution < -0.4 is 10.6 Å². The summed E-state index contributed by atoms with van der Waals surface area (Å²) in [5.41, 5.74) is 1.66. The lowest BCUT2D eigenvalue weighted by atomic mass is 10.1. The number of amides is 1. The Kier molecular flexibility index (Phi) is 4.94. The van der Waals surface area contributed by atoms with Gasteiger partial charge < -0.3 is 15.7 Å². The van der Waals surface area contributed by atoms with Crippen LogP contribution in [0.2, 0.25) is 10.0 Å². The normalized spacial score (nSPS) is 10.2. The fourth-order valence-electron chi connectivity index (χ4n) is 1.85. The number of phenolic OH excluding ortho intramolecular Hbond substituents is 1. The van der Waals surface area contributed by atoms with Gasteiger partial charge in [-0.1, -0.05) is 29.3 Å². The van der Waals surface area contributed by atoms with Crippen molar-refractivity contribution >= 4 is 34.8 Å². The van der Waals surface area contributed by atoms with Gasteiger partial charge in [-0.3, -0.25) is 4.79 Å². The molecule has 2 aromatic carbocycles.